The predicted molar refractivity (Wildman–Crippen MR) is 90.1 cm³/mol. The summed E-state index contributed by atoms with van der Waals surface area (Å²) in [7, 11) is 0. The van der Waals surface area contributed by atoms with Gasteiger partial charge in [0.15, 0.2) is 0 Å². The van der Waals surface area contributed by atoms with E-state index in [1.165, 1.54) is 18.2 Å². The highest BCUT2D eigenvalue weighted by Crippen LogP contribution is 2.32. The predicted octanol–water partition coefficient (Wildman–Crippen LogP) is 4.80. The molecule has 0 radical (unpaired) electrons. The van der Waals surface area contributed by atoms with Gasteiger partial charge in [0.25, 0.3) is 0 Å². The van der Waals surface area contributed by atoms with Crippen molar-refractivity contribution in [3.8, 4) is 0 Å². The number of nitrogens with one attached hydrogen (secondary N) is 1. The molecule has 1 N–H and O–H groups in total. The van der Waals surface area contributed by atoms with Gasteiger partial charge in [0, 0.05) is 11.0 Å². The lowest BCUT2D eigenvalue weighted by atomic mass is 9.82. The van der Waals surface area contributed by atoms with E-state index in [1.807, 2.05) is 38.3 Å². The zero-order chi connectivity index (χ0) is 16.2. The van der Waals surface area contributed by atoms with Gasteiger partial charge in [-0.25, -0.2) is 4.39 Å². The molecule has 0 saturated carbocycles. The Bertz CT molecular complexity index is 639. The molecule has 0 fully saturated rings. The minimum atomic E-state index is -0.277. The van der Waals surface area contributed by atoms with Crippen molar-refractivity contribution in [3.63, 3.8) is 0 Å². The van der Waals surface area contributed by atoms with Crippen molar-refractivity contribution in [2.45, 2.75) is 26.8 Å². The normalized spacial score (nSPS) is 13.3. The molecule has 0 aliphatic carbocycles. The number of rotatable bonds is 4. The average Bonchev–Trinajstić information content (AvgIpc) is 2.96. The second-order valence-corrected chi connectivity index (χ2v) is 7.19. The molecule has 1 aromatic carbocycles. The fourth-order valence-electron chi connectivity index (χ4n) is 2.19. The Hall–Kier alpha value is -1.94. The van der Waals surface area contributed by atoms with Crippen LogP contribution in [0.15, 0.2) is 47.9 Å². The largest absolute Gasteiger partial charge is 0.345 e. The minimum absolute atomic E-state index is 0.155. The van der Waals surface area contributed by atoms with Gasteiger partial charge in [-0.2, -0.15) is 0 Å². The van der Waals surface area contributed by atoms with Gasteiger partial charge in [-0.1, -0.05) is 39.0 Å². The number of carbonyl (C=O) groups is 1. The highest BCUT2D eigenvalue weighted by molar-refractivity contribution is 7.10. The van der Waals surface area contributed by atoms with Crippen LogP contribution in [0.3, 0.4) is 0 Å². The van der Waals surface area contributed by atoms with Crippen molar-refractivity contribution in [1.29, 1.82) is 0 Å². The van der Waals surface area contributed by atoms with E-state index in [9.17, 15) is 9.18 Å². The average molecular weight is 317 g/mol. The molecule has 2 nitrogen and oxygen atoms in total. The van der Waals surface area contributed by atoms with Crippen LogP contribution < -0.4 is 5.32 Å². The highest BCUT2D eigenvalue weighted by atomic mass is 32.1. The van der Waals surface area contributed by atoms with Gasteiger partial charge in [-0.15, -0.1) is 11.3 Å². The third-order valence-electron chi connectivity index (χ3n) is 3.30. The van der Waals surface area contributed by atoms with Crippen molar-refractivity contribution < 1.29 is 9.18 Å². The summed E-state index contributed by atoms with van der Waals surface area (Å²) in [4.78, 5) is 13.2. The summed E-state index contributed by atoms with van der Waals surface area (Å²) in [5.74, 6) is -0.432. The Morgan fingerprint density at radius 1 is 1.23 bits per heavy atom. The zero-order valence-electron chi connectivity index (χ0n) is 13.0. The van der Waals surface area contributed by atoms with Gasteiger partial charge in [0.2, 0.25) is 5.91 Å². The third kappa shape index (κ3) is 4.53. The van der Waals surface area contributed by atoms with Crippen LogP contribution in [0, 0.1) is 11.2 Å². The van der Waals surface area contributed by atoms with E-state index >= 15 is 0 Å². The van der Waals surface area contributed by atoms with Gasteiger partial charge in [0.05, 0.1) is 6.04 Å². The maximum Gasteiger partial charge on any atom is 0.244 e. The standard InChI is InChI=1S/C18H20FNOS/c1-18(2,3)17(13-6-8-14(19)9-7-13)20-16(21)11-10-15-5-4-12-22-15/h4-12,17H,1-3H3,(H,20,21)/b11-10+. The Kier molecular flexibility index (Phi) is 5.14. The van der Waals surface area contributed by atoms with Crippen LogP contribution in [-0.2, 0) is 4.79 Å². The molecular formula is C18H20FNOS. The Morgan fingerprint density at radius 2 is 1.91 bits per heavy atom. The summed E-state index contributed by atoms with van der Waals surface area (Å²) < 4.78 is 13.1. The molecule has 4 heteroatoms. The molecule has 1 amide bonds. The van der Waals surface area contributed by atoms with Gasteiger partial charge >= 0.3 is 0 Å². The second kappa shape index (κ2) is 6.88. The first-order chi connectivity index (χ1) is 10.4. The molecule has 2 rings (SSSR count). The first-order valence-electron chi connectivity index (χ1n) is 7.14. The molecule has 22 heavy (non-hydrogen) atoms. The monoisotopic (exact) mass is 317 g/mol. The summed E-state index contributed by atoms with van der Waals surface area (Å²) in [6, 6.07) is 9.98. The van der Waals surface area contributed by atoms with Gasteiger partial charge in [-0.05, 0) is 40.6 Å². The van der Waals surface area contributed by atoms with Crippen LogP contribution in [-0.4, -0.2) is 5.91 Å². The van der Waals surface area contributed by atoms with E-state index in [0.29, 0.717) is 0 Å². The number of carbonyl (C=O) groups excluding carboxylic acids is 1. The summed E-state index contributed by atoms with van der Waals surface area (Å²) >= 11 is 1.58. The molecule has 0 spiro atoms. The molecule has 0 aliphatic rings. The van der Waals surface area contributed by atoms with Crippen LogP contribution in [0.25, 0.3) is 6.08 Å². The van der Waals surface area contributed by atoms with Crippen molar-refractivity contribution in [3.05, 3.63) is 64.1 Å². The quantitative estimate of drug-likeness (QED) is 0.806. The Labute approximate surface area is 134 Å². The summed E-state index contributed by atoms with van der Waals surface area (Å²) in [5, 5.41) is 4.98. The molecule has 1 atom stereocenters. The van der Waals surface area contributed by atoms with Gasteiger partial charge in [0.1, 0.15) is 5.82 Å². The van der Waals surface area contributed by atoms with E-state index in [2.05, 4.69) is 5.32 Å². The minimum Gasteiger partial charge on any atom is -0.345 e. The van der Waals surface area contributed by atoms with E-state index in [0.717, 1.165) is 10.4 Å². The Balaban J connectivity index is 2.13. The third-order valence-corrected chi connectivity index (χ3v) is 4.14. The maximum atomic E-state index is 13.1. The molecular weight excluding hydrogens is 297 g/mol. The zero-order valence-corrected chi connectivity index (χ0v) is 13.8. The number of amides is 1. The molecule has 1 aromatic heterocycles. The summed E-state index contributed by atoms with van der Waals surface area (Å²) in [6.07, 6.45) is 3.33. The molecule has 1 heterocycles. The lowest BCUT2D eigenvalue weighted by Gasteiger charge is -2.31. The molecule has 0 saturated heterocycles. The molecule has 0 bridgehead atoms. The second-order valence-electron chi connectivity index (χ2n) is 6.21. The highest BCUT2D eigenvalue weighted by Gasteiger charge is 2.27. The fraction of sp³-hybridized carbons (Fsp3) is 0.278. The summed E-state index contributed by atoms with van der Waals surface area (Å²) in [5.41, 5.74) is 0.719. The van der Waals surface area contributed by atoms with Crippen LogP contribution in [0.2, 0.25) is 0 Å². The molecule has 116 valence electrons. The number of halogens is 1. The van der Waals surface area contributed by atoms with Crippen molar-refractivity contribution >= 4 is 23.3 Å². The first-order valence-corrected chi connectivity index (χ1v) is 8.02. The van der Waals surface area contributed by atoms with E-state index in [4.69, 9.17) is 0 Å². The number of hydrogen-bond acceptors (Lipinski definition) is 2. The Morgan fingerprint density at radius 3 is 2.45 bits per heavy atom. The first kappa shape index (κ1) is 16.4. The van der Waals surface area contributed by atoms with E-state index in [-0.39, 0.29) is 23.2 Å². The van der Waals surface area contributed by atoms with Crippen molar-refractivity contribution in [2.75, 3.05) is 0 Å². The fourth-order valence-corrected chi connectivity index (χ4v) is 2.81. The van der Waals surface area contributed by atoms with Gasteiger partial charge in [-0.3, -0.25) is 4.79 Å². The lowest BCUT2D eigenvalue weighted by molar-refractivity contribution is -0.117. The smallest absolute Gasteiger partial charge is 0.244 e. The lowest BCUT2D eigenvalue weighted by Crippen LogP contribution is -2.35. The van der Waals surface area contributed by atoms with E-state index in [1.54, 1.807) is 29.5 Å². The maximum absolute atomic E-state index is 13.1. The SMILES string of the molecule is CC(C)(C)C(NC(=O)/C=C/c1cccs1)c1ccc(F)cc1. The van der Waals surface area contributed by atoms with Gasteiger partial charge < -0.3 is 5.32 Å². The summed E-state index contributed by atoms with van der Waals surface area (Å²) in [6.45, 7) is 6.14. The van der Waals surface area contributed by atoms with E-state index < -0.39 is 0 Å². The van der Waals surface area contributed by atoms with Crippen LogP contribution in [0.5, 0.6) is 0 Å². The molecule has 2 aromatic rings. The van der Waals surface area contributed by atoms with Crippen molar-refractivity contribution in [2.24, 2.45) is 5.41 Å². The molecule has 1 unspecified atom stereocenters. The number of thiophene rings is 1. The number of hydrogen-bond donors (Lipinski definition) is 1. The number of benzene rings is 1. The van der Waals surface area contributed by atoms with Crippen LogP contribution in [0.1, 0.15) is 37.3 Å². The van der Waals surface area contributed by atoms with Crippen molar-refractivity contribution in [1.82, 2.24) is 5.32 Å². The van der Waals surface area contributed by atoms with Crippen LogP contribution >= 0.6 is 11.3 Å². The topological polar surface area (TPSA) is 29.1 Å². The molecule has 0 aliphatic heterocycles. The van der Waals surface area contributed by atoms with Crippen LogP contribution in [0.4, 0.5) is 4.39 Å².